The Morgan fingerprint density at radius 2 is 1.44 bits per heavy atom. The fourth-order valence-electron chi connectivity index (χ4n) is 7.42. The van der Waals surface area contributed by atoms with Crippen LogP contribution in [0, 0.1) is 19.0 Å². The Bertz CT molecular complexity index is 2440. The van der Waals surface area contributed by atoms with Crippen LogP contribution in [0.5, 0.6) is 0 Å². The Hall–Kier alpha value is -5.06. The minimum Gasteiger partial charge on any atom is -0.661 e. The molecule has 1 aliphatic heterocycles. The zero-order valence-electron chi connectivity index (χ0n) is 34.2. The van der Waals surface area contributed by atoms with E-state index in [1.165, 1.54) is 44.6 Å². The first-order valence-corrected chi connectivity index (χ1v) is 21.7. The van der Waals surface area contributed by atoms with Crippen LogP contribution in [0.25, 0.3) is 38.8 Å². The second-order valence-electron chi connectivity index (χ2n) is 15.3. The standard InChI is InChI=1S/C34H26N2.C15H18NSi.Ir/c1-34(2)29-13-7-6-12-27(29)28-22-25(18-21-30(28)34)33-35-31-14-8-9-15-32(31)36(33)26-19-16-24(17-20-26)23-10-4-3-5-11-23;1-12-5-7-13(8-6-12)15-10-9-14(11-16-15)17(2,3)4;/h3-17,19-22,33H,1-2H3;5-7,9-11H,1-4H3;/q-2;-1;+3/i;1D3;. The van der Waals surface area contributed by atoms with E-state index >= 15 is 0 Å². The van der Waals surface area contributed by atoms with Crippen LogP contribution in [0.1, 0.15) is 46.4 Å². The SMILES string of the molecule is CC1(C)c2c[c-]c(C3[N-]c4ccccc4N3c3ccc(-c4ccccc4)cc3)cc2-c2ccccc21.[2H]C([2H])([2H])c1c[c-]c(-c2ccc([Si](C)(C)C)cn2)cc1.[Ir+3]. The number of fused-ring (bicyclic) bond motifs is 4. The number of rotatable bonds is 5. The molecule has 268 valence electrons. The molecule has 0 saturated carbocycles. The molecular weight excluding hydrogens is 851 g/mol. The summed E-state index contributed by atoms with van der Waals surface area (Å²) in [6, 6.07) is 56.7. The van der Waals surface area contributed by atoms with E-state index in [1.54, 1.807) is 12.1 Å². The Labute approximate surface area is 339 Å². The first-order chi connectivity index (χ1) is 26.8. The fourth-order valence-corrected chi connectivity index (χ4v) is 8.45. The predicted octanol–water partition coefficient (Wildman–Crippen LogP) is 12.7. The number of aromatic nitrogens is 1. The van der Waals surface area contributed by atoms with Crippen molar-refractivity contribution in [2.75, 3.05) is 4.90 Å². The van der Waals surface area contributed by atoms with Crippen molar-refractivity contribution in [1.29, 1.82) is 0 Å². The van der Waals surface area contributed by atoms with E-state index < -0.39 is 14.9 Å². The summed E-state index contributed by atoms with van der Waals surface area (Å²) < 4.78 is 22.0. The second-order valence-corrected chi connectivity index (χ2v) is 20.4. The summed E-state index contributed by atoms with van der Waals surface area (Å²) in [7, 11) is -1.34. The van der Waals surface area contributed by atoms with Crippen LogP contribution in [-0.4, -0.2) is 13.1 Å². The molecule has 3 nitrogen and oxygen atoms in total. The average Bonchev–Trinajstić information content (AvgIpc) is 3.70. The number of hydrogen-bond acceptors (Lipinski definition) is 2. The Morgan fingerprint density at radius 3 is 2.15 bits per heavy atom. The molecule has 1 aliphatic carbocycles. The number of nitrogens with zero attached hydrogens (tertiary/aromatic N) is 3. The van der Waals surface area contributed by atoms with Crippen molar-refractivity contribution in [3.63, 3.8) is 0 Å². The second kappa shape index (κ2) is 15.0. The number of aryl methyl sites for hydroxylation is 1. The average molecular weight is 898 g/mol. The number of pyridine rings is 1. The molecule has 0 N–H and O–H groups in total. The van der Waals surface area contributed by atoms with Gasteiger partial charge in [0, 0.05) is 21.7 Å². The molecule has 1 unspecified atom stereocenters. The monoisotopic (exact) mass is 898 g/mol. The maximum atomic E-state index is 7.35. The summed E-state index contributed by atoms with van der Waals surface area (Å²) in [4.78, 5) is 6.81. The van der Waals surface area contributed by atoms with Crippen molar-refractivity contribution in [1.82, 2.24) is 4.98 Å². The molecule has 2 aliphatic rings. The van der Waals surface area contributed by atoms with Crippen molar-refractivity contribution >= 4 is 30.3 Å². The van der Waals surface area contributed by atoms with Crippen molar-refractivity contribution in [2.24, 2.45) is 0 Å². The van der Waals surface area contributed by atoms with Crippen LogP contribution < -0.4 is 10.1 Å². The molecule has 0 radical (unpaired) electrons. The maximum Gasteiger partial charge on any atom is 3.00 e. The summed E-state index contributed by atoms with van der Waals surface area (Å²) >= 11 is 0. The number of anilines is 2. The summed E-state index contributed by atoms with van der Waals surface area (Å²) in [5, 5.41) is 6.48. The molecule has 0 saturated heterocycles. The van der Waals surface area contributed by atoms with Crippen molar-refractivity contribution < 1.29 is 24.2 Å². The largest absolute Gasteiger partial charge is 3.00 e. The summed E-state index contributed by atoms with van der Waals surface area (Å²) in [5.74, 6) is 0. The predicted molar refractivity (Wildman–Crippen MR) is 225 cm³/mol. The van der Waals surface area contributed by atoms with Crippen molar-refractivity contribution in [3.8, 4) is 33.5 Å². The molecule has 0 spiro atoms. The van der Waals surface area contributed by atoms with E-state index in [1.807, 2.05) is 12.3 Å². The zero-order chi connectivity index (χ0) is 39.2. The smallest absolute Gasteiger partial charge is 0.661 e. The summed E-state index contributed by atoms with van der Waals surface area (Å²) in [6.07, 6.45) is 1.76. The van der Waals surface area contributed by atoms with E-state index in [0.717, 1.165) is 33.9 Å². The van der Waals surface area contributed by atoms with Crippen LogP contribution in [0.2, 0.25) is 19.6 Å². The van der Waals surface area contributed by atoms with Gasteiger partial charge in [-0.05, 0) is 62.9 Å². The minimum absolute atomic E-state index is 0. The van der Waals surface area contributed by atoms with Crippen LogP contribution in [0.3, 0.4) is 0 Å². The summed E-state index contributed by atoms with van der Waals surface area (Å²) in [5.41, 5.74) is 14.1. The number of benzene rings is 6. The van der Waals surface area contributed by atoms with E-state index in [-0.39, 0.29) is 31.7 Å². The van der Waals surface area contributed by atoms with Gasteiger partial charge in [-0.2, -0.15) is 23.8 Å². The number of para-hydroxylation sites is 2. The van der Waals surface area contributed by atoms with E-state index in [2.05, 4.69) is 177 Å². The van der Waals surface area contributed by atoms with Crippen LogP contribution in [0.15, 0.2) is 152 Å². The van der Waals surface area contributed by atoms with Gasteiger partial charge in [-0.3, -0.25) is 0 Å². The van der Waals surface area contributed by atoms with Gasteiger partial charge < -0.3 is 15.2 Å². The number of hydrogen-bond donors (Lipinski definition) is 0. The Balaban J connectivity index is 0.000000202. The Morgan fingerprint density at radius 1 is 0.722 bits per heavy atom. The van der Waals surface area contributed by atoms with Gasteiger partial charge in [0.25, 0.3) is 0 Å². The first kappa shape index (κ1) is 33.5. The van der Waals surface area contributed by atoms with Gasteiger partial charge in [0.15, 0.2) is 0 Å². The molecule has 6 aromatic carbocycles. The summed E-state index contributed by atoms with van der Waals surface area (Å²) in [6.45, 7) is 9.37. The maximum absolute atomic E-state index is 7.35. The third-order valence-electron chi connectivity index (χ3n) is 10.4. The molecule has 9 rings (SSSR count). The van der Waals surface area contributed by atoms with E-state index in [9.17, 15) is 0 Å². The molecule has 2 heterocycles. The van der Waals surface area contributed by atoms with Gasteiger partial charge in [-0.1, -0.05) is 137 Å². The van der Waals surface area contributed by atoms with Gasteiger partial charge >= 0.3 is 20.1 Å². The van der Waals surface area contributed by atoms with E-state index in [0.29, 0.717) is 5.56 Å². The third-order valence-corrected chi connectivity index (χ3v) is 12.5. The van der Waals surface area contributed by atoms with E-state index in [4.69, 9.17) is 9.43 Å². The van der Waals surface area contributed by atoms with Gasteiger partial charge in [0.1, 0.15) is 0 Å². The zero-order valence-corrected chi connectivity index (χ0v) is 34.6. The molecule has 1 atom stereocenters. The van der Waals surface area contributed by atoms with Gasteiger partial charge in [-0.15, -0.1) is 52.2 Å². The van der Waals surface area contributed by atoms with Crippen molar-refractivity contribution in [2.45, 2.75) is 51.9 Å². The molecule has 5 heteroatoms. The van der Waals surface area contributed by atoms with Crippen LogP contribution in [0.4, 0.5) is 17.1 Å². The fraction of sp³-hybridized carbons (Fsp3) is 0.163. The van der Waals surface area contributed by atoms with Gasteiger partial charge in [0.2, 0.25) is 0 Å². The van der Waals surface area contributed by atoms with Crippen LogP contribution >= 0.6 is 0 Å². The third kappa shape index (κ3) is 7.12. The molecule has 7 aromatic rings. The van der Waals surface area contributed by atoms with Crippen LogP contribution in [-0.2, 0) is 25.5 Å². The minimum atomic E-state index is -2.08. The Kier molecular flexibility index (Phi) is 9.30. The van der Waals surface area contributed by atoms with Gasteiger partial charge in [0.05, 0.1) is 8.07 Å². The quantitative estimate of drug-likeness (QED) is 0.127. The molecule has 0 amide bonds. The molecule has 0 bridgehead atoms. The molecule has 54 heavy (non-hydrogen) atoms. The normalized spacial score (nSPS) is 15.8. The molecule has 0 fully saturated rings. The van der Waals surface area contributed by atoms with Gasteiger partial charge in [-0.25, -0.2) is 0 Å². The molecule has 1 aromatic heterocycles. The first-order valence-electron chi connectivity index (χ1n) is 19.7. The topological polar surface area (TPSA) is 30.2 Å². The molecular formula is C49H44IrN3Si. The van der Waals surface area contributed by atoms with Crippen molar-refractivity contribution in [3.05, 3.63) is 191 Å².